The third-order valence-corrected chi connectivity index (χ3v) is 8.15. The van der Waals surface area contributed by atoms with Gasteiger partial charge in [-0.1, -0.05) is 93.2 Å². The Morgan fingerprint density at radius 2 is 1.71 bits per heavy atom. The number of rotatable bonds is 25. The molecule has 0 fully saturated rings. The summed E-state index contributed by atoms with van der Waals surface area (Å²) >= 11 is 1.60. The van der Waals surface area contributed by atoms with Crippen LogP contribution in [0, 0.1) is 0 Å². The minimum absolute atomic E-state index is 0.0988. The van der Waals surface area contributed by atoms with Crippen molar-refractivity contribution in [2.45, 2.75) is 96.6 Å². The van der Waals surface area contributed by atoms with Gasteiger partial charge in [-0.05, 0) is 50.7 Å². The van der Waals surface area contributed by atoms with Gasteiger partial charge in [0.25, 0.3) is 0 Å². The van der Waals surface area contributed by atoms with Gasteiger partial charge in [0.1, 0.15) is 11.9 Å². The van der Waals surface area contributed by atoms with E-state index in [4.69, 9.17) is 18.5 Å². The summed E-state index contributed by atoms with van der Waals surface area (Å²) in [6.07, 6.45) is 25.2. The molecule has 2 atom stereocenters. The van der Waals surface area contributed by atoms with Crippen molar-refractivity contribution in [3.63, 3.8) is 0 Å². The van der Waals surface area contributed by atoms with Crippen molar-refractivity contribution in [1.29, 1.82) is 0 Å². The monoisotopic (exact) mass is 608 g/mol. The van der Waals surface area contributed by atoms with Crippen molar-refractivity contribution >= 4 is 19.2 Å². The average molecular weight is 609 g/mol. The summed E-state index contributed by atoms with van der Waals surface area (Å²) in [5, 5.41) is 1.99. The number of nitrogens with zero attached hydrogens (tertiary/aromatic N) is 1. The summed E-state index contributed by atoms with van der Waals surface area (Å²) < 4.78 is 36.1. The molecule has 0 aliphatic carbocycles. The molecule has 0 spiro atoms. The molecular weight excluding hydrogens is 557 g/mol. The Morgan fingerprint density at radius 1 is 0.976 bits per heavy atom. The van der Waals surface area contributed by atoms with Crippen LogP contribution < -0.4 is 9.09 Å². The van der Waals surface area contributed by atoms with E-state index >= 15 is 0 Å². The number of methoxy groups -OCH3 is 1. The highest BCUT2D eigenvalue weighted by atomic mass is 32.1. The van der Waals surface area contributed by atoms with Crippen molar-refractivity contribution in [1.82, 2.24) is 0 Å². The SMILES string of the molecule is CCCCC/C=C/C/C=C/CCCCCCCCOCC(COP(=O)(O)Oc1cccc(C[n+]2ccsc2)c1)OC. The lowest BCUT2D eigenvalue weighted by atomic mass is 10.1. The second-order valence-corrected chi connectivity index (χ2v) is 12.4. The zero-order valence-corrected chi connectivity index (χ0v) is 26.7. The Hall–Kier alpha value is -1.80. The fourth-order valence-electron chi connectivity index (χ4n) is 4.19. The summed E-state index contributed by atoms with van der Waals surface area (Å²) in [6, 6.07) is 7.10. The first kappa shape index (κ1) is 35.4. The van der Waals surface area contributed by atoms with Crippen molar-refractivity contribution in [2.75, 3.05) is 26.9 Å². The maximum absolute atomic E-state index is 12.5. The molecule has 2 aromatic rings. The van der Waals surface area contributed by atoms with E-state index in [2.05, 4.69) is 31.2 Å². The first-order chi connectivity index (χ1) is 20.0. The number of allylic oxidation sites excluding steroid dienone is 4. The minimum Gasteiger partial charge on any atom is -0.404 e. The number of benzene rings is 1. The topological polar surface area (TPSA) is 78.1 Å². The lowest BCUT2D eigenvalue weighted by Crippen LogP contribution is -2.30. The predicted molar refractivity (Wildman–Crippen MR) is 167 cm³/mol. The van der Waals surface area contributed by atoms with Crippen molar-refractivity contribution in [3.05, 3.63) is 71.2 Å². The van der Waals surface area contributed by atoms with Gasteiger partial charge in [0, 0.05) is 19.3 Å². The molecule has 0 aliphatic rings. The summed E-state index contributed by atoms with van der Waals surface area (Å²) in [5.41, 5.74) is 2.95. The van der Waals surface area contributed by atoms with Gasteiger partial charge in [0.05, 0.1) is 18.6 Å². The zero-order valence-electron chi connectivity index (χ0n) is 25.0. The van der Waals surface area contributed by atoms with Crippen molar-refractivity contribution < 1.29 is 32.5 Å². The van der Waals surface area contributed by atoms with E-state index in [0.29, 0.717) is 19.8 Å². The fraction of sp³-hybridized carbons (Fsp3) is 0.594. The number of hydrogen-bond acceptors (Lipinski definition) is 6. The van der Waals surface area contributed by atoms with Gasteiger partial charge >= 0.3 is 7.82 Å². The zero-order chi connectivity index (χ0) is 29.4. The number of phosphoric acid groups is 1. The molecule has 1 aromatic heterocycles. The standard InChI is InChI=1S/C32H50NO6PS/c1-3-4-5-6-7-8-9-10-11-12-13-14-15-16-17-18-23-37-27-32(36-2)28-38-40(34,35)39-31-21-19-20-30(25-31)26-33-22-24-41-29-33/h7-8,10-11,19-22,24-25,29,32H,3-6,9,12-18,23,26-28H2,1-2H3/p+1/b8-7+,11-10+. The van der Waals surface area contributed by atoms with Crippen LogP contribution in [0.15, 0.2) is 65.7 Å². The van der Waals surface area contributed by atoms with E-state index in [1.54, 1.807) is 29.5 Å². The van der Waals surface area contributed by atoms with E-state index in [1.807, 2.05) is 27.7 Å². The van der Waals surface area contributed by atoms with Crippen LogP contribution in [0.1, 0.15) is 89.5 Å². The van der Waals surface area contributed by atoms with Gasteiger partial charge in [0.2, 0.25) is 5.51 Å². The van der Waals surface area contributed by atoms with Crippen LogP contribution in [-0.2, 0) is 25.1 Å². The molecule has 41 heavy (non-hydrogen) atoms. The van der Waals surface area contributed by atoms with E-state index < -0.39 is 13.9 Å². The Bertz CT molecular complexity index is 1010. The van der Waals surface area contributed by atoms with E-state index in [0.717, 1.165) is 24.8 Å². The van der Waals surface area contributed by atoms with E-state index in [9.17, 15) is 9.46 Å². The van der Waals surface area contributed by atoms with Gasteiger partial charge in [-0.25, -0.2) is 4.57 Å². The van der Waals surface area contributed by atoms with Crippen LogP contribution in [0.5, 0.6) is 5.75 Å². The number of unbranched alkanes of at least 4 members (excludes halogenated alkanes) is 9. The molecule has 1 heterocycles. The maximum atomic E-state index is 12.5. The highest BCUT2D eigenvalue weighted by molar-refractivity contribution is 7.47. The highest BCUT2D eigenvalue weighted by Crippen LogP contribution is 2.44. The molecule has 2 rings (SSSR count). The van der Waals surface area contributed by atoms with Crippen LogP contribution in [0.3, 0.4) is 0 Å². The number of ether oxygens (including phenoxy) is 2. The van der Waals surface area contributed by atoms with E-state index in [-0.39, 0.29) is 12.4 Å². The van der Waals surface area contributed by atoms with Gasteiger partial charge < -0.3 is 14.0 Å². The Labute approximate surface area is 251 Å². The van der Waals surface area contributed by atoms with Crippen molar-refractivity contribution in [3.8, 4) is 5.75 Å². The summed E-state index contributed by atoms with van der Waals surface area (Å²) in [6.45, 7) is 3.72. The molecule has 1 aromatic carbocycles. The molecule has 1 N–H and O–H groups in total. The van der Waals surface area contributed by atoms with E-state index in [1.165, 1.54) is 64.9 Å². The molecule has 0 saturated heterocycles. The lowest BCUT2D eigenvalue weighted by molar-refractivity contribution is -0.683. The first-order valence-corrected chi connectivity index (χ1v) is 17.5. The van der Waals surface area contributed by atoms with Crippen LogP contribution in [-0.4, -0.2) is 37.9 Å². The Balaban J connectivity index is 1.48. The van der Waals surface area contributed by atoms with Crippen LogP contribution >= 0.6 is 19.2 Å². The summed E-state index contributed by atoms with van der Waals surface area (Å²) in [4.78, 5) is 10.2. The fourth-order valence-corrected chi connectivity index (χ4v) is 5.58. The second kappa shape index (κ2) is 22.8. The van der Waals surface area contributed by atoms with Crippen LogP contribution in [0.4, 0.5) is 0 Å². The first-order valence-electron chi connectivity index (χ1n) is 15.1. The molecule has 0 bridgehead atoms. The number of aromatic nitrogens is 1. The second-order valence-electron chi connectivity index (χ2n) is 10.2. The normalized spacial score (nSPS) is 14.1. The smallest absolute Gasteiger partial charge is 0.404 e. The van der Waals surface area contributed by atoms with Crippen molar-refractivity contribution in [2.24, 2.45) is 0 Å². The predicted octanol–water partition coefficient (Wildman–Crippen LogP) is 8.42. The average Bonchev–Trinajstić information content (AvgIpc) is 3.47. The molecule has 0 amide bonds. The van der Waals surface area contributed by atoms with Crippen LogP contribution in [0.2, 0.25) is 0 Å². The molecule has 9 heteroatoms. The Morgan fingerprint density at radius 3 is 2.41 bits per heavy atom. The lowest BCUT2D eigenvalue weighted by Gasteiger charge is -2.18. The molecule has 7 nitrogen and oxygen atoms in total. The minimum atomic E-state index is -4.30. The molecule has 0 radical (unpaired) electrons. The maximum Gasteiger partial charge on any atom is 0.527 e. The van der Waals surface area contributed by atoms with Gasteiger partial charge in [-0.3, -0.25) is 9.42 Å². The van der Waals surface area contributed by atoms with Gasteiger partial charge in [-0.15, -0.1) is 0 Å². The number of phosphoric ester groups is 1. The van der Waals surface area contributed by atoms with Gasteiger partial charge in [-0.2, -0.15) is 4.57 Å². The molecule has 230 valence electrons. The summed E-state index contributed by atoms with van der Waals surface area (Å²) in [7, 11) is -2.76. The van der Waals surface area contributed by atoms with Crippen LogP contribution in [0.25, 0.3) is 0 Å². The third-order valence-electron chi connectivity index (χ3n) is 6.56. The molecule has 0 aliphatic heterocycles. The Kier molecular flexibility index (Phi) is 19.6. The third kappa shape index (κ3) is 18.4. The summed E-state index contributed by atoms with van der Waals surface area (Å²) in [5.74, 6) is 0.284. The largest absolute Gasteiger partial charge is 0.527 e. The molecule has 0 saturated carbocycles. The number of thiazole rings is 1. The highest BCUT2D eigenvalue weighted by Gasteiger charge is 2.25. The molecule has 2 unspecified atom stereocenters. The molecular formula is C32H51NO6PS+. The quantitative estimate of drug-likeness (QED) is 0.0528. The number of hydrogen-bond donors (Lipinski definition) is 1. The van der Waals surface area contributed by atoms with Gasteiger partial charge in [0.15, 0.2) is 12.7 Å².